The molecule has 0 spiro atoms. The zero-order valence-electron chi connectivity index (χ0n) is 9.77. The molecule has 5 heteroatoms. The molecular formula is C12H15NO4. The van der Waals surface area contributed by atoms with Crippen LogP contribution in [0.15, 0.2) is 30.3 Å². The molecule has 0 bridgehead atoms. The number of hydrogen-bond acceptors (Lipinski definition) is 4. The number of esters is 1. The summed E-state index contributed by atoms with van der Waals surface area (Å²) in [6.07, 6.45) is 0. The smallest absolute Gasteiger partial charge is 0.352 e. The number of rotatable bonds is 4. The molecule has 0 aliphatic rings. The van der Waals surface area contributed by atoms with E-state index < -0.39 is 17.5 Å². The summed E-state index contributed by atoms with van der Waals surface area (Å²) in [5.41, 5.74) is -2.12. The summed E-state index contributed by atoms with van der Waals surface area (Å²) in [6, 6.07) is 7.96. The number of benzene rings is 1. The van der Waals surface area contributed by atoms with Crippen LogP contribution in [0.1, 0.15) is 12.5 Å². The van der Waals surface area contributed by atoms with Gasteiger partial charge in [0.05, 0.1) is 6.61 Å². The van der Waals surface area contributed by atoms with Crippen LogP contribution >= 0.6 is 0 Å². The van der Waals surface area contributed by atoms with Crippen LogP contribution in [0.2, 0.25) is 0 Å². The molecule has 0 aliphatic heterocycles. The predicted octanol–water partition coefficient (Wildman–Crippen LogP) is 0.183. The van der Waals surface area contributed by atoms with Gasteiger partial charge in [-0.1, -0.05) is 30.3 Å². The summed E-state index contributed by atoms with van der Waals surface area (Å²) < 4.78 is 4.73. The van der Waals surface area contributed by atoms with Crippen molar-refractivity contribution in [2.24, 2.45) is 0 Å². The molecule has 0 saturated carbocycles. The number of carbonyl (C=O) groups is 2. The lowest BCUT2D eigenvalue weighted by molar-refractivity contribution is -0.172. The molecule has 1 rings (SSSR count). The first-order chi connectivity index (χ1) is 8.07. The molecule has 0 radical (unpaired) electrons. The topological polar surface area (TPSA) is 75.6 Å². The summed E-state index contributed by atoms with van der Waals surface area (Å²) in [6.45, 7) is 1.69. The van der Waals surface area contributed by atoms with Gasteiger partial charge in [0.1, 0.15) is 0 Å². The quantitative estimate of drug-likeness (QED) is 0.578. The van der Waals surface area contributed by atoms with Crippen LogP contribution in [-0.2, 0) is 19.9 Å². The van der Waals surface area contributed by atoms with Crippen molar-refractivity contribution in [2.45, 2.75) is 12.5 Å². The minimum atomic E-state index is -2.30. The Bertz CT molecular complexity index is 404. The van der Waals surface area contributed by atoms with Gasteiger partial charge >= 0.3 is 5.97 Å². The largest absolute Gasteiger partial charge is 0.463 e. The second-order valence-corrected chi connectivity index (χ2v) is 3.38. The Hall–Kier alpha value is -1.88. The van der Waals surface area contributed by atoms with Gasteiger partial charge in [0.25, 0.3) is 11.5 Å². The van der Waals surface area contributed by atoms with Crippen molar-refractivity contribution in [3.05, 3.63) is 35.9 Å². The maximum Gasteiger partial charge on any atom is 0.352 e. The molecule has 1 amide bonds. The fourth-order valence-electron chi connectivity index (χ4n) is 1.44. The monoisotopic (exact) mass is 237 g/mol. The predicted molar refractivity (Wildman–Crippen MR) is 61.0 cm³/mol. The Kier molecular flexibility index (Phi) is 4.23. The summed E-state index contributed by atoms with van der Waals surface area (Å²) in [5.74, 6) is -1.80. The van der Waals surface area contributed by atoms with Crippen molar-refractivity contribution in [3.8, 4) is 0 Å². The molecule has 2 N–H and O–H groups in total. The van der Waals surface area contributed by atoms with E-state index in [2.05, 4.69) is 5.32 Å². The number of ether oxygens (including phenoxy) is 1. The van der Waals surface area contributed by atoms with E-state index in [-0.39, 0.29) is 12.2 Å². The zero-order valence-corrected chi connectivity index (χ0v) is 9.77. The van der Waals surface area contributed by atoms with E-state index in [9.17, 15) is 14.7 Å². The number of nitrogens with one attached hydrogen (secondary N) is 1. The maximum atomic E-state index is 11.7. The molecule has 0 unspecified atom stereocenters. The molecule has 1 aromatic carbocycles. The summed E-state index contributed by atoms with van der Waals surface area (Å²) in [4.78, 5) is 23.4. The van der Waals surface area contributed by atoms with Gasteiger partial charge in [-0.05, 0) is 6.92 Å². The van der Waals surface area contributed by atoms with Crippen LogP contribution < -0.4 is 5.32 Å². The molecule has 1 aromatic rings. The van der Waals surface area contributed by atoms with Crippen LogP contribution in [0.25, 0.3) is 0 Å². The highest BCUT2D eigenvalue weighted by molar-refractivity contribution is 6.06. The van der Waals surface area contributed by atoms with Crippen molar-refractivity contribution in [3.63, 3.8) is 0 Å². The number of amides is 1. The fourth-order valence-corrected chi connectivity index (χ4v) is 1.44. The van der Waals surface area contributed by atoms with Crippen molar-refractivity contribution in [1.82, 2.24) is 5.32 Å². The lowest BCUT2D eigenvalue weighted by atomic mass is 9.93. The Labute approximate surface area is 99.4 Å². The minimum absolute atomic E-state index is 0.0883. The summed E-state index contributed by atoms with van der Waals surface area (Å²) in [7, 11) is 1.34. The SMILES string of the molecule is CCOC(=O)[C@@](O)(C(=O)NC)c1ccccc1. The van der Waals surface area contributed by atoms with E-state index in [1.54, 1.807) is 25.1 Å². The minimum Gasteiger partial charge on any atom is -0.463 e. The van der Waals surface area contributed by atoms with Gasteiger partial charge in [-0.25, -0.2) is 4.79 Å². The van der Waals surface area contributed by atoms with Gasteiger partial charge in [0, 0.05) is 12.6 Å². The average molecular weight is 237 g/mol. The first-order valence-corrected chi connectivity index (χ1v) is 5.24. The Morgan fingerprint density at radius 2 is 1.94 bits per heavy atom. The third-order valence-corrected chi connectivity index (χ3v) is 2.32. The molecular weight excluding hydrogens is 222 g/mol. The average Bonchev–Trinajstić information content (AvgIpc) is 2.38. The van der Waals surface area contributed by atoms with Gasteiger partial charge in [0.15, 0.2) is 0 Å². The van der Waals surface area contributed by atoms with E-state index in [0.29, 0.717) is 0 Å². The zero-order chi connectivity index (χ0) is 12.9. The third-order valence-electron chi connectivity index (χ3n) is 2.32. The van der Waals surface area contributed by atoms with E-state index in [4.69, 9.17) is 4.74 Å². The molecule has 0 fully saturated rings. The van der Waals surface area contributed by atoms with Gasteiger partial charge < -0.3 is 15.2 Å². The molecule has 92 valence electrons. The van der Waals surface area contributed by atoms with Crippen molar-refractivity contribution in [2.75, 3.05) is 13.7 Å². The number of hydrogen-bond donors (Lipinski definition) is 2. The van der Waals surface area contributed by atoms with E-state index >= 15 is 0 Å². The molecule has 0 heterocycles. The Morgan fingerprint density at radius 3 is 2.41 bits per heavy atom. The van der Waals surface area contributed by atoms with E-state index in [1.165, 1.54) is 19.2 Å². The van der Waals surface area contributed by atoms with Gasteiger partial charge in [-0.2, -0.15) is 0 Å². The first-order valence-electron chi connectivity index (χ1n) is 5.24. The molecule has 0 aromatic heterocycles. The second kappa shape index (κ2) is 5.45. The highest BCUT2D eigenvalue weighted by Gasteiger charge is 2.46. The molecule has 1 atom stereocenters. The van der Waals surface area contributed by atoms with Crippen molar-refractivity contribution < 1.29 is 19.4 Å². The van der Waals surface area contributed by atoms with Gasteiger partial charge in [0.2, 0.25) is 0 Å². The van der Waals surface area contributed by atoms with E-state index in [0.717, 1.165) is 0 Å². The number of aliphatic hydroxyl groups is 1. The second-order valence-electron chi connectivity index (χ2n) is 3.38. The van der Waals surface area contributed by atoms with Crippen LogP contribution in [0.4, 0.5) is 0 Å². The molecule has 5 nitrogen and oxygen atoms in total. The normalized spacial score (nSPS) is 13.6. The van der Waals surface area contributed by atoms with Crippen LogP contribution in [0, 0.1) is 0 Å². The standard InChI is InChI=1S/C12H15NO4/c1-3-17-11(15)12(16,10(14)13-2)9-7-5-4-6-8-9/h4-8,16H,3H2,1-2H3,(H,13,14)/t12-/m0/s1. The highest BCUT2D eigenvalue weighted by atomic mass is 16.5. The van der Waals surface area contributed by atoms with Crippen molar-refractivity contribution >= 4 is 11.9 Å². The van der Waals surface area contributed by atoms with Gasteiger partial charge in [-0.3, -0.25) is 4.79 Å². The van der Waals surface area contributed by atoms with Crippen LogP contribution in [0.5, 0.6) is 0 Å². The fraction of sp³-hybridized carbons (Fsp3) is 0.333. The van der Waals surface area contributed by atoms with Crippen LogP contribution in [-0.4, -0.2) is 30.6 Å². The lowest BCUT2D eigenvalue weighted by Crippen LogP contribution is -2.50. The van der Waals surface area contributed by atoms with Crippen LogP contribution in [0.3, 0.4) is 0 Å². The highest BCUT2D eigenvalue weighted by Crippen LogP contribution is 2.23. The Balaban J connectivity index is 3.20. The lowest BCUT2D eigenvalue weighted by Gasteiger charge is -2.24. The third kappa shape index (κ3) is 2.45. The maximum absolute atomic E-state index is 11.7. The summed E-state index contributed by atoms with van der Waals surface area (Å²) in [5, 5.41) is 12.5. The van der Waals surface area contributed by atoms with Gasteiger partial charge in [-0.15, -0.1) is 0 Å². The molecule has 17 heavy (non-hydrogen) atoms. The number of carbonyl (C=O) groups excluding carboxylic acids is 2. The van der Waals surface area contributed by atoms with Crippen molar-refractivity contribution in [1.29, 1.82) is 0 Å². The molecule has 0 aliphatic carbocycles. The molecule has 0 saturated heterocycles. The summed E-state index contributed by atoms with van der Waals surface area (Å²) >= 11 is 0. The van der Waals surface area contributed by atoms with E-state index in [1.807, 2.05) is 0 Å². The first kappa shape index (κ1) is 13.2. The number of likely N-dealkylation sites (N-methyl/N-ethyl adjacent to an activating group) is 1. The Morgan fingerprint density at radius 1 is 1.35 bits per heavy atom.